The third kappa shape index (κ3) is 3.31. The van der Waals surface area contributed by atoms with E-state index in [-0.39, 0.29) is 5.91 Å². The largest absolute Gasteiger partial charge is 0.337 e. The topological polar surface area (TPSA) is 33.2 Å². The molecule has 0 spiro atoms. The van der Waals surface area contributed by atoms with Gasteiger partial charge >= 0.3 is 0 Å². The van der Waals surface area contributed by atoms with Crippen molar-refractivity contribution >= 4 is 40.6 Å². The summed E-state index contributed by atoms with van der Waals surface area (Å²) in [6.07, 6.45) is 0.929. The van der Waals surface area contributed by atoms with E-state index in [9.17, 15) is 4.79 Å². The number of amides is 1. The Morgan fingerprint density at radius 2 is 2.18 bits per heavy atom. The smallest absolute Gasteiger partial charge is 0.265 e. The summed E-state index contributed by atoms with van der Waals surface area (Å²) in [6, 6.07) is 8.00. The molecule has 0 saturated carbocycles. The van der Waals surface area contributed by atoms with Crippen LogP contribution in [0.2, 0.25) is 5.02 Å². The summed E-state index contributed by atoms with van der Waals surface area (Å²) in [4.78, 5) is 19.5. The predicted molar refractivity (Wildman–Crippen MR) is 94.0 cm³/mol. The van der Waals surface area contributed by atoms with E-state index in [1.165, 1.54) is 16.9 Å². The van der Waals surface area contributed by atoms with Crippen molar-refractivity contribution in [2.24, 2.45) is 0 Å². The van der Waals surface area contributed by atoms with Crippen LogP contribution in [0.3, 0.4) is 0 Å². The van der Waals surface area contributed by atoms with E-state index < -0.39 is 0 Å². The number of hydrogen-bond donors (Lipinski definition) is 0. The molecule has 2 aromatic rings. The molecule has 1 amide bonds. The van der Waals surface area contributed by atoms with Gasteiger partial charge in [-0.2, -0.15) is 11.8 Å². The highest BCUT2D eigenvalue weighted by atomic mass is 35.5. The van der Waals surface area contributed by atoms with Gasteiger partial charge in [-0.05, 0) is 25.0 Å². The molecule has 3 rings (SSSR count). The van der Waals surface area contributed by atoms with Gasteiger partial charge in [0.05, 0.1) is 11.2 Å². The van der Waals surface area contributed by atoms with Crippen molar-refractivity contribution in [2.45, 2.75) is 18.6 Å². The van der Waals surface area contributed by atoms with Gasteiger partial charge in [0.1, 0.15) is 4.88 Å². The second-order valence-corrected chi connectivity index (χ2v) is 7.80. The fourth-order valence-electron chi connectivity index (χ4n) is 2.61. The number of aryl methyl sites for hydroxylation is 1. The summed E-state index contributed by atoms with van der Waals surface area (Å²) in [7, 11) is 0. The van der Waals surface area contributed by atoms with Crippen LogP contribution in [-0.2, 0) is 0 Å². The Morgan fingerprint density at radius 3 is 2.91 bits per heavy atom. The van der Waals surface area contributed by atoms with Crippen molar-refractivity contribution in [3.63, 3.8) is 0 Å². The van der Waals surface area contributed by atoms with Crippen molar-refractivity contribution in [3.8, 4) is 0 Å². The minimum atomic E-state index is 0.111. The highest BCUT2D eigenvalue weighted by Crippen LogP contribution is 2.38. The summed E-state index contributed by atoms with van der Waals surface area (Å²) in [6.45, 7) is 3.43. The number of hydrogen-bond acceptors (Lipinski definition) is 4. The van der Waals surface area contributed by atoms with Crippen molar-refractivity contribution in [2.75, 3.05) is 18.8 Å². The van der Waals surface area contributed by atoms with Crippen LogP contribution >= 0.6 is 34.7 Å². The Morgan fingerprint density at radius 1 is 1.36 bits per heavy atom. The Labute approximate surface area is 143 Å². The molecular weight excluding hydrogens is 336 g/mol. The Kier molecular flexibility index (Phi) is 5.06. The molecule has 3 nitrogen and oxygen atoms in total. The number of carbonyl (C=O) groups is 1. The van der Waals surface area contributed by atoms with E-state index in [4.69, 9.17) is 11.6 Å². The summed E-state index contributed by atoms with van der Waals surface area (Å²) in [5, 5.41) is 1.17. The molecule has 1 aromatic carbocycles. The van der Waals surface area contributed by atoms with Crippen LogP contribution in [0.15, 0.2) is 29.8 Å². The molecule has 0 unspecified atom stereocenters. The lowest BCUT2D eigenvalue weighted by molar-refractivity contribution is 0.0770. The van der Waals surface area contributed by atoms with Crippen LogP contribution < -0.4 is 0 Å². The molecule has 6 heteroatoms. The standard InChI is InChI=1S/C16H17ClN2OS2/c1-11-15(22-10-18-11)16(20)19-7-6-14(21-9-8-19)12-4-2-3-5-13(12)17/h2-5,10,14H,6-9H2,1H3/t14-/m0/s1. The molecule has 1 fully saturated rings. The number of rotatable bonds is 2. The van der Waals surface area contributed by atoms with Crippen LogP contribution in [0, 0.1) is 6.92 Å². The van der Waals surface area contributed by atoms with Gasteiger partial charge in [-0.25, -0.2) is 4.98 Å². The molecular formula is C16H17ClN2OS2. The van der Waals surface area contributed by atoms with Gasteiger partial charge in [0.15, 0.2) is 0 Å². The van der Waals surface area contributed by atoms with E-state index in [0.29, 0.717) is 5.25 Å². The summed E-state index contributed by atoms with van der Waals surface area (Å²) < 4.78 is 0. The minimum Gasteiger partial charge on any atom is -0.337 e. The van der Waals surface area contributed by atoms with Gasteiger partial charge in [0.2, 0.25) is 0 Å². The molecule has 0 aliphatic carbocycles. The maximum absolute atomic E-state index is 12.6. The van der Waals surface area contributed by atoms with E-state index >= 15 is 0 Å². The van der Waals surface area contributed by atoms with Crippen molar-refractivity contribution in [1.29, 1.82) is 0 Å². The van der Waals surface area contributed by atoms with Gasteiger partial charge < -0.3 is 4.90 Å². The molecule has 116 valence electrons. The zero-order valence-electron chi connectivity index (χ0n) is 12.3. The molecule has 1 aromatic heterocycles. The summed E-state index contributed by atoms with van der Waals surface area (Å²) in [5.41, 5.74) is 3.74. The summed E-state index contributed by atoms with van der Waals surface area (Å²) >= 11 is 9.62. The van der Waals surface area contributed by atoms with E-state index in [1.807, 2.05) is 41.8 Å². The first kappa shape index (κ1) is 15.8. The predicted octanol–water partition coefficient (Wildman–Crippen LogP) is 4.43. The van der Waals surface area contributed by atoms with Gasteiger partial charge in [-0.3, -0.25) is 4.79 Å². The zero-order chi connectivity index (χ0) is 15.5. The number of thioether (sulfide) groups is 1. The maximum Gasteiger partial charge on any atom is 0.265 e. The minimum absolute atomic E-state index is 0.111. The highest BCUT2D eigenvalue weighted by molar-refractivity contribution is 7.99. The first-order valence-electron chi connectivity index (χ1n) is 7.22. The second-order valence-electron chi connectivity index (χ2n) is 5.23. The third-order valence-electron chi connectivity index (χ3n) is 3.82. The number of halogens is 1. The van der Waals surface area contributed by atoms with Crippen LogP contribution in [0.25, 0.3) is 0 Å². The second kappa shape index (κ2) is 7.02. The van der Waals surface area contributed by atoms with Crippen molar-refractivity contribution in [3.05, 3.63) is 50.9 Å². The maximum atomic E-state index is 12.6. The third-order valence-corrected chi connectivity index (χ3v) is 6.39. The first-order valence-corrected chi connectivity index (χ1v) is 9.53. The van der Waals surface area contributed by atoms with Gasteiger partial charge in [-0.1, -0.05) is 29.8 Å². The molecule has 0 N–H and O–H groups in total. The lowest BCUT2D eigenvalue weighted by Crippen LogP contribution is -2.32. The van der Waals surface area contributed by atoms with Crippen molar-refractivity contribution in [1.82, 2.24) is 9.88 Å². The quantitative estimate of drug-likeness (QED) is 0.801. The van der Waals surface area contributed by atoms with Gasteiger partial charge in [-0.15, -0.1) is 11.3 Å². The zero-order valence-corrected chi connectivity index (χ0v) is 14.7. The molecule has 0 radical (unpaired) electrons. The Balaban J connectivity index is 1.72. The van der Waals surface area contributed by atoms with Gasteiger partial charge in [0.25, 0.3) is 5.91 Å². The number of benzene rings is 1. The average Bonchev–Trinajstić information content (AvgIpc) is 2.80. The van der Waals surface area contributed by atoms with Crippen LogP contribution in [0.1, 0.15) is 32.6 Å². The van der Waals surface area contributed by atoms with Crippen LogP contribution in [0.5, 0.6) is 0 Å². The lowest BCUT2D eigenvalue weighted by atomic mass is 10.1. The Bertz CT molecular complexity index is 674. The van der Waals surface area contributed by atoms with Crippen LogP contribution in [0.4, 0.5) is 0 Å². The number of aromatic nitrogens is 1. The first-order chi connectivity index (χ1) is 10.7. The number of carbonyl (C=O) groups excluding carboxylic acids is 1. The van der Waals surface area contributed by atoms with E-state index in [1.54, 1.807) is 5.51 Å². The molecule has 0 bridgehead atoms. The fourth-order valence-corrected chi connectivity index (χ4v) is 4.98. The molecule has 1 aliphatic heterocycles. The highest BCUT2D eigenvalue weighted by Gasteiger charge is 2.25. The lowest BCUT2D eigenvalue weighted by Gasteiger charge is -2.20. The Hall–Kier alpha value is -1.04. The number of thiazole rings is 1. The average molecular weight is 353 g/mol. The van der Waals surface area contributed by atoms with E-state index in [0.717, 1.165) is 40.9 Å². The number of nitrogens with zero attached hydrogens (tertiary/aromatic N) is 2. The molecule has 1 atom stereocenters. The molecule has 2 heterocycles. The van der Waals surface area contributed by atoms with Crippen molar-refractivity contribution < 1.29 is 4.79 Å². The molecule has 1 aliphatic rings. The normalized spacial score (nSPS) is 19.0. The molecule has 22 heavy (non-hydrogen) atoms. The fraction of sp³-hybridized carbons (Fsp3) is 0.375. The van der Waals surface area contributed by atoms with E-state index in [2.05, 4.69) is 11.1 Å². The van der Waals surface area contributed by atoms with Gasteiger partial charge in [0, 0.05) is 29.1 Å². The molecule has 1 saturated heterocycles. The summed E-state index contributed by atoms with van der Waals surface area (Å²) in [5.74, 6) is 1.04. The monoisotopic (exact) mass is 352 g/mol. The SMILES string of the molecule is Cc1ncsc1C(=O)N1CCS[C@H](c2ccccc2Cl)CC1. The van der Waals surface area contributed by atoms with Crippen LogP contribution in [-0.4, -0.2) is 34.6 Å².